The molecule has 0 aliphatic carbocycles. The van der Waals surface area contributed by atoms with Crippen LogP contribution in [0.2, 0.25) is 0 Å². The summed E-state index contributed by atoms with van der Waals surface area (Å²) in [6.45, 7) is 4.96. The summed E-state index contributed by atoms with van der Waals surface area (Å²) in [5, 5.41) is 2.62. The number of carbonyl (C=O) groups is 3. The number of amides is 3. The predicted molar refractivity (Wildman–Crippen MR) is 111 cm³/mol. The van der Waals surface area contributed by atoms with Gasteiger partial charge in [0, 0.05) is 33.1 Å². The molecule has 3 amide bonds. The zero-order valence-corrected chi connectivity index (χ0v) is 16.9. The smallest absolute Gasteiger partial charge is 0.244 e. The zero-order valence-electron chi connectivity index (χ0n) is 16.9. The van der Waals surface area contributed by atoms with Crippen LogP contribution in [0.3, 0.4) is 0 Å². The van der Waals surface area contributed by atoms with Crippen molar-refractivity contribution in [3.8, 4) is 0 Å². The number of nitrogens with zero attached hydrogens (tertiary/aromatic N) is 2. The van der Waals surface area contributed by atoms with E-state index in [-0.39, 0.29) is 23.6 Å². The van der Waals surface area contributed by atoms with Gasteiger partial charge in [-0.25, -0.2) is 0 Å². The van der Waals surface area contributed by atoms with Crippen molar-refractivity contribution in [3.05, 3.63) is 71.8 Å². The molecule has 0 radical (unpaired) electrons. The number of piperazine rings is 1. The van der Waals surface area contributed by atoms with Crippen LogP contribution in [0.15, 0.2) is 60.7 Å². The molecule has 1 aliphatic rings. The molecule has 0 aromatic heterocycles. The normalized spacial score (nSPS) is 15.1. The third kappa shape index (κ3) is 5.02. The summed E-state index contributed by atoms with van der Waals surface area (Å²) in [5.74, 6) is -0.662. The van der Waals surface area contributed by atoms with E-state index in [0.29, 0.717) is 26.2 Å². The molecule has 3 rings (SSSR count). The molecular formula is C23H27N3O3. The number of benzene rings is 2. The van der Waals surface area contributed by atoms with Crippen molar-refractivity contribution in [2.75, 3.05) is 26.2 Å². The third-order valence-electron chi connectivity index (χ3n) is 5.21. The molecule has 1 aliphatic heterocycles. The van der Waals surface area contributed by atoms with Crippen molar-refractivity contribution in [3.63, 3.8) is 0 Å². The van der Waals surface area contributed by atoms with Gasteiger partial charge in [-0.15, -0.1) is 0 Å². The molecule has 6 nitrogen and oxygen atoms in total. The van der Waals surface area contributed by atoms with Crippen LogP contribution in [-0.2, 0) is 14.4 Å². The van der Waals surface area contributed by atoms with Crippen LogP contribution in [0.5, 0.6) is 0 Å². The van der Waals surface area contributed by atoms with Gasteiger partial charge in [-0.3, -0.25) is 14.4 Å². The average Bonchev–Trinajstić information content (AvgIpc) is 2.74. The van der Waals surface area contributed by atoms with Gasteiger partial charge in [0.05, 0.1) is 5.92 Å². The van der Waals surface area contributed by atoms with Gasteiger partial charge in [-0.2, -0.15) is 0 Å². The maximum absolute atomic E-state index is 13.4. The summed E-state index contributed by atoms with van der Waals surface area (Å²) in [5.41, 5.74) is 1.92. The molecule has 1 saturated heterocycles. The van der Waals surface area contributed by atoms with Crippen molar-refractivity contribution in [1.82, 2.24) is 15.1 Å². The van der Waals surface area contributed by atoms with E-state index in [2.05, 4.69) is 5.32 Å². The lowest BCUT2D eigenvalue weighted by Crippen LogP contribution is -2.55. The van der Waals surface area contributed by atoms with Crippen LogP contribution >= 0.6 is 0 Å². The predicted octanol–water partition coefficient (Wildman–Crippen LogP) is 2.01. The highest BCUT2D eigenvalue weighted by Crippen LogP contribution is 2.27. The SMILES string of the molecule is CC(=O)NC(C)C(=O)N1CCN(C(=O)C(c2ccccc2)c2ccccc2)CC1. The Morgan fingerprint density at radius 2 is 1.17 bits per heavy atom. The standard InChI is InChI=1S/C23H27N3O3/c1-17(24-18(2)27)22(28)25-13-15-26(16-14-25)23(29)21(19-9-5-3-6-10-19)20-11-7-4-8-12-20/h3-12,17,21H,13-16H2,1-2H3,(H,24,27). The number of hydrogen-bond acceptors (Lipinski definition) is 3. The van der Waals surface area contributed by atoms with E-state index in [4.69, 9.17) is 0 Å². The lowest BCUT2D eigenvalue weighted by molar-refractivity contribution is -0.141. The average molecular weight is 393 g/mol. The molecule has 1 atom stereocenters. The van der Waals surface area contributed by atoms with Crippen molar-refractivity contribution in [1.29, 1.82) is 0 Å². The summed E-state index contributed by atoms with van der Waals surface area (Å²) in [4.78, 5) is 40.7. The molecule has 0 spiro atoms. The first-order valence-electron chi connectivity index (χ1n) is 9.92. The van der Waals surface area contributed by atoms with Gasteiger partial charge in [0.25, 0.3) is 0 Å². The Hall–Kier alpha value is -3.15. The lowest BCUT2D eigenvalue weighted by atomic mass is 9.90. The van der Waals surface area contributed by atoms with E-state index in [9.17, 15) is 14.4 Å². The van der Waals surface area contributed by atoms with Crippen LogP contribution in [0.1, 0.15) is 30.9 Å². The van der Waals surface area contributed by atoms with Crippen molar-refractivity contribution >= 4 is 17.7 Å². The van der Waals surface area contributed by atoms with E-state index in [1.54, 1.807) is 11.8 Å². The molecule has 6 heteroatoms. The molecule has 1 fully saturated rings. The topological polar surface area (TPSA) is 69.7 Å². The van der Waals surface area contributed by atoms with Gasteiger partial charge in [-0.05, 0) is 18.1 Å². The van der Waals surface area contributed by atoms with Gasteiger partial charge >= 0.3 is 0 Å². The molecule has 29 heavy (non-hydrogen) atoms. The van der Waals surface area contributed by atoms with Crippen molar-refractivity contribution in [2.45, 2.75) is 25.8 Å². The van der Waals surface area contributed by atoms with E-state index in [1.165, 1.54) is 6.92 Å². The Morgan fingerprint density at radius 3 is 1.59 bits per heavy atom. The van der Waals surface area contributed by atoms with Gasteiger partial charge < -0.3 is 15.1 Å². The third-order valence-corrected chi connectivity index (χ3v) is 5.21. The fraction of sp³-hybridized carbons (Fsp3) is 0.348. The maximum atomic E-state index is 13.4. The van der Waals surface area contributed by atoms with Crippen LogP contribution in [-0.4, -0.2) is 59.7 Å². The minimum Gasteiger partial charge on any atom is -0.345 e. The second-order valence-corrected chi connectivity index (χ2v) is 7.33. The minimum atomic E-state index is -0.559. The molecule has 2 aromatic rings. The highest BCUT2D eigenvalue weighted by atomic mass is 16.2. The second kappa shape index (κ2) is 9.37. The Balaban J connectivity index is 1.71. The molecule has 1 unspecified atom stereocenters. The number of carbonyl (C=O) groups excluding carboxylic acids is 3. The first-order valence-corrected chi connectivity index (χ1v) is 9.92. The van der Waals surface area contributed by atoms with Gasteiger partial charge in [-0.1, -0.05) is 60.7 Å². The first kappa shape index (κ1) is 20.6. The summed E-state index contributed by atoms with van der Waals surface area (Å²) in [7, 11) is 0. The summed E-state index contributed by atoms with van der Waals surface area (Å²) in [6.07, 6.45) is 0. The van der Waals surface area contributed by atoms with Crippen molar-refractivity contribution in [2.24, 2.45) is 0 Å². The first-order chi connectivity index (χ1) is 14.0. The lowest BCUT2D eigenvalue weighted by Gasteiger charge is -2.37. The van der Waals surface area contributed by atoms with E-state index in [1.807, 2.05) is 65.6 Å². The largest absolute Gasteiger partial charge is 0.345 e. The van der Waals surface area contributed by atoms with E-state index >= 15 is 0 Å². The van der Waals surface area contributed by atoms with Gasteiger partial charge in [0.2, 0.25) is 17.7 Å². The van der Waals surface area contributed by atoms with Crippen LogP contribution < -0.4 is 5.32 Å². The minimum absolute atomic E-state index is 0.0457. The summed E-state index contributed by atoms with van der Waals surface area (Å²) < 4.78 is 0. The summed E-state index contributed by atoms with van der Waals surface area (Å²) >= 11 is 0. The van der Waals surface area contributed by atoms with Gasteiger partial charge in [0.1, 0.15) is 6.04 Å². The molecule has 152 valence electrons. The second-order valence-electron chi connectivity index (χ2n) is 7.33. The zero-order chi connectivity index (χ0) is 20.8. The molecule has 1 N–H and O–H groups in total. The number of hydrogen-bond donors (Lipinski definition) is 1. The monoisotopic (exact) mass is 393 g/mol. The van der Waals surface area contributed by atoms with Gasteiger partial charge in [0.15, 0.2) is 0 Å². The van der Waals surface area contributed by atoms with Crippen LogP contribution in [0.4, 0.5) is 0 Å². The van der Waals surface area contributed by atoms with Crippen LogP contribution in [0, 0.1) is 0 Å². The quantitative estimate of drug-likeness (QED) is 0.845. The fourth-order valence-electron chi connectivity index (χ4n) is 3.74. The number of rotatable bonds is 5. The van der Waals surface area contributed by atoms with E-state index < -0.39 is 6.04 Å². The fourth-order valence-corrected chi connectivity index (χ4v) is 3.74. The molecule has 1 heterocycles. The molecule has 2 aromatic carbocycles. The highest BCUT2D eigenvalue weighted by Gasteiger charge is 2.31. The molecule has 0 bridgehead atoms. The maximum Gasteiger partial charge on any atom is 0.244 e. The Bertz CT molecular complexity index is 807. The Labute approximate surface area is 171 Å². The van der Waals surface area contributed by atoms with Crippen molar-refractivity contribution < 1.29 is 14.4 Å². The molecule has 0 saturated carbocycles. The summed E-state index contributed by atoms with van der Waals surface area (Å²) in [6, 6.07) is 19.0. The van der Waals surface area contributed by atoms with E-state index in [0.717, 1.165) is 11.1 Å². The highest BCUT2D eigenvalue weighted by molar-refractivity contribution is 5.88. The Kier molecular flexibility index (Phi) is 6.65. The number of nitrogens with one attached hydrogen (secondary N) is 1. The Morgan fingerprint density at radius 1 is 0.759 bits per heavy atom. The van der Waals surface area contributed by atoms with Crippen LogP contribution in [0.25, 0.3) is 0 Å². The molecular weight excluding hydrogens is 366 g/mol.